The summed E-state index contributed by atoms with van der Waals surface area (Å²) in [6, 6.07) is 0. The van der Waals surface area contributed by atoms with E-state index in [1.54, 1.807) is 13.0 Å². The van der Waals surface area contributed by atoms with Crippen LogP contribution in [0.2, 0.25) is 0 Å². The number of hydrogen-bond acceptors (Lipinski definition) is 1. The van der Waals surface area contributed by atoms with E-state index in [4.69, 9.17) is 5.11 Å². The van der Waals surface area contributed by atoms with E-state index in [2.05, 4.69) is 6.58 Å². The summed E-state index contributed by atoms with van der Waals surface area (Å²) in [6.07, 6.45) is 7.26. The molecule has 1 fully saturated rings. The maximum atomic E-state index is 11.1. The minimum atomic E-state index is -0.727. The van der Waals surface area contributed by atoms with Gasteiger partial charge in [0.15, 0.2) is 0 Å². The Kier molecular flexibility index (Phi) is 3.12. The third-order valence-electron chi connectivity index (χ3n) is 3.34. The van der Waals surface area contributed by atoms with Crippen LogP contribution in [0.25, 0.3) is 0 Å². The van der Waals surface area contributed by atoms with Crippen molar-refractivity contribution >= 4 is 5.97 Å². The molecule has 0 amide bonds. The first kappa shape index (κ1) is 10.3. The molecule has 1 aliphatic carbocycles. The molecule has 74 valence electrons. The van der Waals surface area contributed by atoms with Crippen molar-refractivity contribution in [1.82, 2.24) is 0 Å². The Labute approximate surface area is 79.6 Å². The lowest BCUT2D eigenvalue weighted by Crippen LogP contribution is -2.35. The molecule has 0 unspecified atom stereocenters. The van der Waals surface area contributed by atoms with E-state index in [9.17, 15) is 4.79 Å². The van der Waals surface area contributed by atoms with Crippen molar-refractivity contribution in [1.29, 1.82) is 0 Å². The van der Waals surface area contributed by atoms with Gasteiger partial charge in [0.2, 0.25) is 0 Å². The van der Waals surface area contributed by atoms with Crippen molar-refractivity contribution in [3.8, 4) is 0 Å². The summed E-state index contributed by atoms with van der Waals surface area (Å²) >= 11 is 0. The highest BCUT2D eigenvalue weighted by atomic mass is 16.4. The van der Waals surface area contributed by atoms with Crippen molar-refractivity contribution in [3.05, 3.63) is 12.7 Å². The van der Waals surface area contributed by atoms with Gasteiger partial charge in [-0.2, -0.15) is 0 Å². The second-order valence-electron chi connectivity index (χ2n) is 4.13. The van der Waals surface area contributed by atoms with Crippen molar-refractivity contribution < 1.29 is 9.90 Å². The van der Waals surface area contributed by atoms with Crippen LogP contribution >= 0.6 is 0 Å². The lowest BCUT2D eigenvalue weighted by atomic mass is 9.70. The van der Waals surface area contributed by atoms with Crippen molar-refractivity contribution in [2.45, 2.75) is 39.0 Å². The highest BCUT2D eigenvalue weighted by molar-refractivity contribution is 5.76. The molecule has 0 saturated heterocycles. The molecule has 1 saturated carbocycles. The molecule has 13 heavy (non-hydrogen) atoms. The van der Waals surface area contributed by atoms with Gasteiger partial charge in [-0.1, -0.05) is 25.3 Å². The Bertz CT molecular complexity index is 204. The third kappa shape index (κ3) is 1.93. The number of carbonyl (C=O) groups is 1. The second kappa shape index (κ2) is 3.95. The van der Waals surface area contributed by atoms with Crippen LogP contribution in [-0.4, -0.2) is 11.1 Å². The molecule has 1 atom stereocenters. The normalized spacial score (nSPS) is 23.5. The quantitative estimate of drug-likeness (QED) is 0.681. The minimum Gasteiger partial charge on any atom is -0.481 e. The third-order valence-corrected chi connectivity index (χ3v) is 3.34. The van der Waals surface area contributed by atoms with Gasteiger partial charge in [0.1, 0.15) is 0 Å². The standard InChI is InChI=1S/C11H18O2/c1-3-11(2,10(12)13)9-7-5-4-6-8-9/h3,9H,1,4-8H2,2H3,(H,12,13)/t11-/m0/s1. The van der Waals surface area contributed by atoms with Gasteiger partial charge in [-0.25, -0.2) is 0 Å². The first-order chi connectivity index (χ1) is 6.11. The molecular weight excluding hydrogens is 164 g/mol. The molecule has 2 nitrogen and oxygen atoms in total. The summed E-state index contributed by atoms with van der Waals surface area (Å²) in [5.74, 6) is -0.439. The number of aliphatic carboxylic acids is 1. The number of carboxylic acids is 1. The summed E-state index contributed by atoms with van der Waals surface area (Å²) in [5, 5.41) is 9.11. The van der Waals surface area contributed by atoms with E-state index in [1.807, 2.05) is 0 Å². The molecule has 0 heterocycles. The van der Waals surface area contributed by atoms with Crippen molar-refractivity contribution in [2.24, 2.45) is 11.3 Å². The first-order valence-electron chi connectivity index (χ1n) is 4.98. The SMILES string of the molecule is C=C[C@](C)(C(=O)O)C1CCCCC1. The Morgan fingerprint density at radius 2 is 2.00 bits per heavy atom. The van der Waals surface area contributed by atoms with Crippen LogP contribution in [0.5, 0.6) is 0 Å². The second-order valence-corrected chi connectivity index (χ2v) is 4.13. The van der Waals surface area contributed by atoms with Crippen LogP contribution in [-0.2, 0) is 4.79 Å². The van der Waals surface area contributed by atoms with Crippen LogP contribution in [0.1, 0.15) is 39.0 Å². The largest absolute Gasteiger partial charge is 0.481 e. The van der Waals surface area contributed by atoms with Gasteiger partial charge in [-0.05, 0) is 25.7 Å². The molecule has 1 aliphatic rings. The fourth-order valence-electron chi connectivity index (χ4n) is 2.13. The fourth-order valence-corrected chi connectivity index (χ4v) is 2.13. The Hall–Kier alpha value is -0.790. The minimum absolute atomic E-state index is 0.288. The number of hydrogen-bond donors (Lipinski definition) is 1. The van der Waals surface area contributed by atoms with Crippen molar-refractivity contribution in [3.63, 3.8) is 0 Å². The highest BCUT2D eigenvalue weighted by Crippen LogP contribution is 2.39. The van der Waals surface area contributed by atoms with E-state index in [0.29, 0.717) is 0 Å². The van der Waals surface area contributed by atoms with E-state index in [1.165, 1.54) is 19.3 Å². The Morgan fingerprint density at radius 1 is 1.46 bits per heavy atom. The van der Waals surface area contributed by atoms with Gasteiger partial charge in [-0.3, -0.25) is 4.79 Å². The van der Waals surface area contributed by atoms with Crippen LogP contribution in [0.4, 0.5) is 0 Å². The topological polar surface area (TPSA) is 37.3 Å². The lowest BCUT2D eigenvalue weighted by Gasteiger charge is -2.33. The van der Waals surface area contributed by atoms with Crippen LogP contribution in [0.3, 0.4) is 0 Å². The van der Waals surface area contributed by atoms with Crippen molar-refractivity contribution in [2.75, 3.05) is 0 Å². The summed E-state index contributed by atoms with van der Waals surface area (Å²) in [7, 11) is 0. The molecule has 0 aromatic rings. The Balaban J connectivity index is 2.74. The molecular formula is C11H18O2. The molecule has 1 rings (SSSR count). The van der Waals surface area contributed by atoms with Gasteiger partial charge in [0, 0.05) is 0 Å². The van der Waals surface area contributed by atoms with Crippen LogP contribution in [0.15, 0.2) is 12.7 Å². The zero-order valence-electron chi connectivity index (χ0n) is 8.25. The molecule has 0 aromatic carbocycles. The monoisotopic (exact) mass is 182 g/mol. The summed E-state index contributed by atoms with van der Waals surface area (Å²) in [5.41, 5.74) is -0.708. The molecule has 0 aromatic heterocycles. The molecule has 2 heteroatoms. The molecule has 0 radical (unpaired) electrons. The molecule has 0 bridgehead atoms. The van der Waals surface area contributed by atoms with Gasteiger partial charge in [0.05, 0.1) is 5.41 Å². The van der Waals surface area contributed by atoms with E-state index in [-0.39, 0.29) is 5.92 Å². The highest BCUT2D eigenvalue weighted by Gasteiger charge is 2.38. The van der Waals surface area contributed by atoms with Gasteiger partial charge >= 0.3 is 5.97 Å². The first-order valence-corrected chi connectivity index (χ1v) is 4.98. The van der Waals surface area contributed by atoms with E-state index in [0.717, 1.165) is 12.8 Å². The molecule has 1 N–H and O–H groups in total. The number of carboxylic acid groups (broad SMARTS) is 1. The summed E-state index contributed by atoms with van der Waals surface area (Å²) in [4.78, 5) is 11.1. The smallest absolute Gasteiger partial charge is 0.313 e. The maximum Gasteiger partial charge on any atom is 0.313 e. The maximum absolute atomic E-state index is 11.1. The summed E-state index contributed by atoms with van der Waals surface area (Å²) in [6.45, 7) is 5.44. The molecule has 0 aliphatic heterocycles. The van der Waals surface area contributed by atoms with E-state index >= 15 is 0 Å². The average Bonchev–Trinajstić information content (AvgIpc) is 2.17. The average molecular weight is 182 g/mol. The zero-order valence-corrected chi connectivity index (χ0v) is 8.25. The van der Waals surface area contributed by atoms with Gasteiger partial charge in [0.25, 0.3) is 0 Å². The lowest BCUT2D eigenvalue weighted by molar-refractivity contribution is -0.148. The number of rotatable bonds is 3. The van der Waals surface area contributed by atoms with E-state index < -0.39 is 11.4 Å². The molecule has 0 spiro atoms. The predicted octanol–water partition coefficient (Wildman–Crippen LogP) is 2.84. The van der Waals surface area contributed by atoms with Crippen LogP contribution in [0, 0.1) is 11.3 Å². The Morgan fingerprint density at radius 3 is 2.38 bits per heavy atom. The predicted molar refractivity (Wildman–Crippen MR) is 52.5 cm³/mol. The van der Waals surface area contributed by atoms with Crippen LogP contribution < -0.4 is 0 Å². The summed E-state index contributed by atoms with van der Waals surface area (Å²) < 4.78 is 0. The van der Waals surface area contributed by atoms with Gasteiger partial charge in [-0.15, -0.1) is 6.58 Å². The van der Waals surface area contributed by atoms with Gasteiger partial charge < -0.3 is 5.11 Å². The zero-order chi connectivity index (χ0) is 9.90. The fraction of sp³-hybridized carbons (Fsp3) is 0.727.